The van der Waals surface area contributed by atoms with Gasteiger partial charge in [0.15, 0.2) is 0 Å². The summed E-state index contributed by atoms with van der Waals surface area (Å²) in [6, 6.07) is 17.6. The molecule has 1 N–H and O–H groups in total. The van der Waals surface area contributed by atoms with Crippen molar-refractivity contribution in [2.45, 2.75) is 6.92 Å². The summed E-state index contributed by atoms with van der Waals surface area (Å²) in [5, 5.41) is 12.2. The fourth-order valence-corrected chi connectivity index (χ4v) is 3.10. The lowest BCUT2D eigenvalue weighted by Gasteiger charge is -2.36. The minimum absolute atomic E-state index is 0.0321. The topological polar surface area (TPSA) is 59.4 Å². The molecule has 0 aromatic heterocycles. The SMILES string of the molecule is Cc1ccccc1C(=O)NCN1CCN(c2ccccc2C#N)CC1. The number of nitrogens with zero attached hydrogens (tertiary/aromatic N) is 3. The molecule has 0 unspecified atom stereocenters. The minimum atomic E-state index is -0.0321. The molecule has 1 amide bonds. The molecule has 0 atom stereocenters. The van der Waals surface area contributed by atoms with E-state index in [4.69, 9.17) is 0 Å². The van der Waals surface area contributed by atoms with Crippen LogP contribution in [-0.4, -0.2) is 43.7 Å². The number of para-hydroxylation sites is 1. The summed E-state index contributed by atoms with van der Waals surface area (Å²) in [7, 11) is 0. The van der Waals surface area contributed by atoms with Crippen LogP contribution in [0.25, 0.3) is 0 Å². The van der Waals surface area contributed by atoms with E-state index in [1.807, 2.05) is 55.5 Å². The zero-order valence-electron chi connectivity index (χ0n) is 14.4. The summed E-state index contributed by atoms with van der Waals surface area (Å²) in [5.41, 5.74) is 3.42. The Kier molecular flexibility index (Phi) is 5.32. The fraction of sp³-hybridized carbons (Fsp3) is 0.300. The van der Waals surface area contributed by atoms with E-state index >= 15 is 0 Å². The Hall–Kier alpha value is -2.84. The first-order valence-corrected chi connectivity index (χ1v) is 8.49. The summed E-state index contributed by atoms with van der Waals surface area (Å²) in [4.78, 5) is 16.8. The number of piperazine rings is 1. The molecule has 1 aliphatic heterocycles. The van der Waals surface area contributed by atoms with Crippen LogP contribution in [0.4, 0.5) is 5.69 Å². The van der Waals surface area contributed by atoms with Gasteiger partial charge in [0.2, 0.25) is 0 Å². The van der Waals surface area contributed by atoms with Gasteiger partial charge in [-0.05, 0) is 30.7 Å². The van der Waals surface area contributed by atoms with Crippen LogP contribution in [0.5, 0.6) is 0 Å². The molecule has 0 aliphatic carbocycles. The third kappa shape index (κ3) is 3.98. The normalized spacial score (nSPS) is 14.8. The Morgan fingerprint density at radius 1 is 1.08 bits per heavy atom. The number of anilines is 1. The van der Waals surface area contributed by atoms with E-state index in [9.17, 15) is 10.1 Å². The highest BCUT2D eigenvalue weighted by molar-refractivity contribution is 5.95. The quantitative estimate of drug-likeness (QED) is 0.933. The lowest BCUT2D eigenvalue weighted by Crippen LogP contribution is -2.50. The largest absolute Gasteiger partial charge is 0.368 e. The Morgan fingerprint density at radius 2 is 1.76 bits per heavy atom. The first-order valence-electron chi connectivity index (χ1n) is 8.49. The number of carbonyl (C=O) groups is 1. The Bertz CT molecular complexity index is 788. The van der Waals surface area contributed by atoms with E-state index < -0.39 is 0 Å². The second-order valence-electron chi connectivity index (χ2n) is 6.21. The van der Waals surface area contributed by atoms with Crippen molar-refractivity contribution in [1.29, 1.82) is 5.26 Å². The number of nitriles is 1. The first kappa shape index (κ1) is 17.0. The summed E-state index contributed by atoms with van der Waals surface area (Å²) in [5.74, 6) is -0.0321. The maximum atomic E-state index is 12.3. The highest BCUT2D eigenvalue weighted by Crippen LogP contribution is 2.20. The lowest BCUT2D eigenvalue weighted by atomic mass is 10.1. The number of aryl methyl sites for hydroxylation is 1. The van der Waals surface area contributed by atoms with Crippen molar-refractivity contribution < 1.29 is 4.79 Å². The van der Waals surface area contributed by atoms with Gasteiger partial charge in [-0.3, -0.25) is 9.69 Å². The molecule has 2 aromatic rings. The van der Waals surface area contributed by atoms with Crippen LogP contribution in [0.2, 0.25) is 0 Å². The summed E-state index contributed by atoms with van der Waals surface area (Å²) in [6.07, 6.45) is 0. The van der Waals surface area contributed by atoms with Crippen LogP contribution in [0.15, 0.2) is 48.5 Å². The van der Waals surface area contributed by atoms with Crippen LogP contribution >= 0.6 is 0 Å². The summed E-state index contributed by atoms with van der Waals surface area (Å²) in [6.45, 7) is 5.89. The molecule has 2 aromatic carbocycles. The van der Waals surface area contributed by atoms with E-state index in [0.29, 0.717) is 12.2 Å². The van der Waals surface area contributed by atoms with E-state index in [-0.39, 0.29) is 5.91 Å². The second-order valence-corrected chi connectivity index (χ2v) is 6.21. The molecule has 128 valence electrons. The molecular formula is C20H22N4O. The number of nitrogens with one attached hydrogen (secondary N) is 1. The van der Waals surface area contributed by atoms with Gasteiger partial charge in [-0.15, -0.1) is 0 Å². The van der Waals surface area contributed by atoms with Crippen molar-refractivity contribution in [2.75, 3.05) is 37.7 Å². The molecule has 0 bridgehead atoms. The predicted molar refractivity (Wildman–Crippen MR) is 98.5 cm³/mol. The molecule has 1 aliphatic rings. The third-order valence-electron chi connectivity index (χ3n) is 4.59. The van der Waals surface area contributed by atoms with Crippen molar-refractivity contribution in [1.82, 2.24) is 10.2 Å². The number of amides is 1. The first-order chi connectivity index (χ1) is 12.2. The van der Waals surface area contributed by atoms with E-state index in [1.165, 1.54) is 0 Å². The molecule has 3 rings (SSSR count). The van der Waals surface area contributed by atoms with Crippen LogP contribution in [0.1, 0.15) is 21.5 Å². The van der Waals surface area contributed by atoms with Crippen molar-refractivity contribution in [3.63, 3.8) is 0 Å². The fourth-order valence-electron chi connectivity index (χ4n) is 3.10. The standard InChI is InChI=1S/C20H22N4O/c1-16-6-2-4-8-18(16)20(25)22-15-23-10-12-24(13-11-23)19-9-5-3-7-17(19)14-21/h2-9H,10-13,15H2,1H3,(H,22,25). The summed E-state index contributed by atoms with van der Waals surface area (Å²) < 4.78 is 0. The number of rotatable bonds is 4. The average molecular weight is 334 g/mol. The second kappa shape index (κ2) is 7.82. The molecular weight excluding hydrogens is 312 g/mol. The molecule has 0 radical (unpaired) electrons. The third-order valence-corrected chi connectivity index (χ3v) is 4.59. The van der Waals surface area contributed by atoms with Gasteiger partial charge in [0.05, 0.1) is 17.9 Å². The van der Waals surface area contributed by atoms with E-state index in [2.05, 4.69) is 21.2 Å². The minimum Gasteiger partial charge on any atom is -0.368 e. The van der Waals surface area contributed by atoms with Gasteiger partial charge in [-0.1, -0.05) is 30.3 Å². The van der Waals surface area contributed by atoms with Gasteiger partial charge in [0.25, 0.3) is 5.91 Å². The average Bonchev–Trinajstić information content (AvgIpc) is 2.67. The molecule has 1 fully saturated rings. The van der Waals surface area contributed by atoms with Gasteiger partial charge in [0.1, 0.15) is 6.07 Å². The van der Waals surface area contributed by atoms with E-state index in [1.54, 1.807) is 0 Å². The van der Waals surface area contributed by atoms with Crippen LogP contribution in [-0.2, 0) is 0 Å². The van der Waals surface area contributed by atoms with Crippen LogP contribution in [0, 0.1) is 18.3 Å². The molecule has 1 heterocycles. The highest BCUT2D eigenvalue weighted by Gasteiger charge is 2.19. The van der Waals surface area contributed by atoms with Gasteiger partial charge < -0.3 is 10.2 Å². The molecule has 0 saturated carbocycles. The molecule has 0 spiro atoms. The molecule has 5 nitrogen and oxygen atoms in total. The van der Waals surface area contributed by atoms with Gasteiger partial charge in [-0.2, -0.15) is 5.26 Å². The van der Waals surface area contributed by atoms with E-state index in [0.717, 1.165) is 43.0 Å². The van der Waals surface area contributed by atoms with Gasteiger partial charge >= 0.3 is 0 Å². The highest BCUT2D eigenvalue weighted by atomic mass is 16.1. The van der Waals surface area contributed by atoms with Crippen molar-refractivity contribution in [2.24, 2.45) is 0 Å². The van der Waals surface area contributed by atoms with Crippen LogP contribution < -0.4 is 10.2 Å². The zero-order valence-corrected chi connectivity index (χ0v) is 14.4. The number of hydrogen-bond acceptors (Lipinski definition) is 4. The maximum Gasteiger partial charge on any atom is 0.252 e. The zero-order chi connectivity index (χ0) is 17.6. The molecule has 5 heteroatoms. The Morgan fingerprint density at radius 3 is 2.48 bits per heavy atom. The summed E-state index contributed by atoms with van der Waals surface area (Å²) >= 11 is 0. The van der Waals surface area contributed by atoms with Crippen LogP contribution in [0.3, 0.4) is 0 Å². The van der Waals surface area contributed by atoms with Gasteiger partial charge in [-0.25, -0.2) is 0 Å². The molecule has 25 heavy (non-hydrogen) atoms. The predicted octanol–water partition coefficient (Wildman–Crippen LogP) is 2.38. The lowest BCUT2D eigenvalue weighted by molar-refractivity contribution is 0.0919. The molecule has 1 saturated heterocycles. The van der Waals surface area contributed by atoms with Gasteiger partial charge in [0, 0.05) is 31.7 Å². The van der Waals surface area contributed by atoms with Crippen molar-refractivity contribution >= 4 is 11.6 Å². The van der Waals surface area contributed by atoms with Crippen molar-refractivity contribution in [3.8, 4) is 6.07 Å². The monoisotopic (exact) mass is 334 g/mol. The Labute approximate surface area is 148 Å². The van der Waals surface area contributed by atoms with Crippen molar-refractivity contribution in [3.05, 3.63) is 65.2 Å². The number of hydrogen-bond donors (Lipinski definition) is 1. The maximum absolute atomic E-state index is 12.3. The smallest absolute Gasteiger partial charge is 0.252 e. The number of benzene rings is 2. The Balaban J connectivity index is 1.52. The number of carbonyl (C=O) groups excluding carboxylic acids is 1.